The molecule has 1 aliphatic carbocycles. The minimum atomic E-state index is 0.382. The first kappa shape index (κ1) is 13.7. The Morgan fingerprint density at radius 1 is 1.20 bits per heavy atom. The van der Waals surface area contributed by atoms with E-state index in [4.69, 9.17) is 4.74 Å². The lowest BCUT2D eigenvalue weighted by atomic mass is 9.90. The summed E-state index contributed by atoms with van der Waals surface area (Å²) in [6.07, 6.45) is 11.1. The molecule has 1 aliphatic heterocycles. The molecule has 1 unspecified atom stereocenters. The predicted molar refractivity (Wildman–Crippen MR) is 83.2 cm³/mol. The van der Waals surface area contributed by atoms with Gasteiger partial charge >= 0.3 is 0 Å². The molecule has 1 aromatic rings. The number of fused-ring (bicyclic) bond motifs is 1. The van der Waals surface area contributed by atoms with E-state index in [0.717, 1.165) is 31.6 Å². The van der Waals surface area contributed by atoms with Gasteiger partial charge in [0.2, 0.25) is 0 Å². The Bertz CT molecular complexity index is 492. The van der Waals surface area contributed by atoms with E-state index in [1.165, 1.54) is 36.8 Å². The third-order valence-corrected chi connectivity index (χ3v) is 4.54. The van der Waals surface area contributed by atoms with Crippen LogP contribution < -0.4 is 10.1 Å². The largest absolute Gasteiger partial charge is 0.493 e. The molecule has 2 aliphatic rings. The molecule has 0 amide bonds. The molecule has 2 heteroatoms. The maximum atomic E-state index is 5.97. The summed E-state index contributed by atoms with van der Waals surface area (Å²) in [6, 6.07) is 7.01. The summed E-state index contributed by atoms with van der Waals surface area (Å²) in [5.74, 6) is 1.15. The van der Waals surface area contributed by atoms with E-state index in [1.54, 1.807) is 5.57 Å². The molecule has 1 atom stereocenters. The van der Waals surface area contributed by atoms with Gasteiger partial charge in [0.25, 0.3) is 0 Å². The highest BCUT2D eigenvalue weighted by Crippen LogP contribution is 2.36. The quantitative estimate of drug-likeness (QED) is 0.830. The normalized spacial score (nSPS) is 19.8. The molecule has 1 aromatic carbocycles. The second kappa shape index (κ2) is 6.45. The van der Waals surface area contributed by atoms with Gasteiger partial charge in [-0.3, -0.25) is 0 Å². The van der Waals surface area contributed by atoms with Gasteiger partial charge in [0.05, 0.1) is 6.61 Å². The molecule has 3 rings (SSSR count). The standard InChI is InChI=1S/C18H25NO/c1-19-17(13-14-7-3-2-4-8-14)16-11-5-9-15-10-6-12-20-18(15)16/h5,7,9,11,17,19H,2-4,6,8,10,12-13H2,1H3. The van der Waals surface area contributed by atoms with Crippen molar-refractivity contribution in [3.63, 3.8) is 0 Å². The first-order valence-electron chi connectivity index (χ1n) is 7.98. The van der Waals surface area contributed by atoms with Crippen molar-refractivity contribution in [2.75, 3.05) is 13.7 Å². The molecule has 2 nitrogen and oxygen atoms in total. The van der Waals surface area contributed by atoms with E-state index < -0.39 is 0 Å². The molecular weight excluding hydrogens is 246 g/mol. The highest BCUT2D eigenvalue weighted by atomic mass is 16.5. The van der Waals surface area contributed by atoms with Crippen LogP contribution in [0.25, 0.3) is 0 Å². The number of rotatable bonds is 4. The molecular formula is C18H25NO. The average Bonchev–Trinajstić information content (AvgIpc) is 2.53. The summed E-state index contributed by atoms with van der Waals surface area (Å²) in [5, 5.41) is 3.49. The van der Waals surface area contributed by atoms with Crippen molar-refractivity contribution in [1.29, 1.82) is 0 Å². The number of hydrogen-bond acceptors (Lipinski definition) is 2. The van der Waals surface area contributed by atoms with Crippen LogP contribution in [0.15, 0.2) is 29.8 Å². The molecule has 0 saturated heterocycles. The Morgan fingerprint density at radius 2 is 2.15 bits per heavy atom. The van der Waals surface area contributed by atoms with Crippen LogP contribution in [0, 0.1) is 0 Å². The van der Waals surface area contributed by atoms with E-state index in [9.17, 15) is 0 Å². The molecule has 108 valence electrons. The predicted octanol–water partition coefficient (Wildman–Crippen LogP) is 4.16. The summed E-state index contributed by atoms with van der Waals surface area (Å²) in [6.45, 7) is 0.864. The Balaban J connectivity index is 1.83. The molecule has 1 heterocycles. The topological polar surface area (TPSA) is 21.3 Å². The summed E-state index contributed by atoms with van der Waals surface area (Å²) < 4.78 is 5.97. The fourth-order valence-electron chi connectivity index (χ4n) is 3.41. The molecule has 0 radical (unpaired) electrons. The van der Waals surface area contributed by atoms with Gasteiger partial charge in [-0.05, 0) is 57.6 Å². The van der Waals surface area contributed by atoms with Crippen LogP contribution in [-0.4, -0.2) is 13.7 Å². The van der Waals surface area contributed by atoms with Gasteiger partial charge in [0.15, 0.2) is 0 Å². The molecule has 0 bridgehead atoms. The first-order valence-corrected chi connectivity index (χ1v) is 7.98. The summed E-state index contributed by atoms with van der Waals surface area (Å²) >= 11 is 0. The van der Waals surface area contributed by atoms with Crippen LogP contribution in [0.5, 0.6) is 5.75 Å². The molecule has 0 aromatic heterocycles. The van der Waals surface area contributed by atoms with Crippen molar-refractivity contribution in [2.45, 2.75) is 51.0 Å². The zero-order chi connectivity index (χ0) is 13.8. The Hall–Kier alpha value is -1.28. The highest BCUT2D eigenvalue weighted by Gasteiger charge is 2.21. The van der Waals surface area contributed by atoms with Crippen LogP contribution in [0.4, 0.5) is 0 Å². The molecule has 1 N–H and O–H groups in total. The van der Waals surface area contributed by atoms with Gasteiger partial charge in [-0.1, -0.05) is 29.8 Å². The lowest BCUT2D eigenvalue weighted by Gasteiger charge is -2.26. The van der Waals surface area contributed by atoms with E-state index in [2.05, 4.69) is 36.6 Å². The van der Waals surface area contributed by atoms with Gasteiger partial charge in [0, 0.05) is 11.6 Å². The number of hydrogen-bond donors (Lipinski definition) is 1. The average molecular weight is 271 g/mol. The molecule has 0 spiro atoms. The van der Waals surface area contributed by atoms with Crippen molar-refractivity contribution in [2.24, 2.45) is 0 Å². The van der Waals surface area contributed by atoms with Gasteiger partial charge in [0.1, 0.15) is 5.75 Å². The van der Waals surface area contributed by atoms with Crippen molar-refractivity contribution in [1.82, 2.24) is 5.32 Å². The fraction of sp³-hybridized carbons (Fsp3) is 0.556. The van der Waals surface area contributed by atoms with Crippen LogP contribution >= 0.6 is 0 Å². The number of ether oxygens (including phenoxy) is 1. The van der Waals surface area contributed by atoms with E-state index in [-0.39, 0.29) is 0 Å². The van der Waals surface area contributed by atoms with Crippen LogP contribution in [0.3, 0.4) is 0 Å². The second-order valence-corrected chi connectivity index (χ2v) is 5.94. The van der Waals surface area contributed by atoms with Gasteiger partial charge in [-0.15, -0.1) is 0 Å². The van der Waals surface area contributed by atoms with E-state index in [0.29, 0.717) is 6.04 Å². The zero-order valence-electron chi connectivity index (χ0n) is 12.5. The molecule has 20 heavy (non-hydrogen) atoms. The first-order chi connectivity index (χ1) is 9.88. The van der Waals surface area contributed by atoms with E-state index >= 15 is 0 Å². The van der Waals surface area contributed by atoms with Crippen LogP contribution in [0.2, 0.25) is 0 Å². The maximum absolute atomic E-state index is 5.97. The number of nitrogens with one attached hydrogen (secondary N) is 1. The third kappa shape index (κ3) is 2.90. The summed E-state index contributed by atoms with van der Waals surface area (Å²) in [4.78, 5) is 0. The zero-order valence-corrected chi connectivity index (χ0v) is 12.5. The highest BCUT2D eigenvalue weighted by molar-refractivity contribution is 5.45. The third-order valence-electron chi connectivity index (χ3n) is 4.54. The Morgan fingerprint density at radius 3 is 2.95 bits per heavy atom. The van der Waals surface area contributed by atoms with Crippen molar-refractivity contribution >= 4 is 0 Å². The number of aryl methyl sites for hydroxylation is 1. The van der Waals surface area contributed by atoms with E-state index in [1.807, 2.05) is 0 Å². The lowest BCUT2D eigenvalue weighted by molar-refractivity contribution is 0.282. The van der Waals surface area contributed by atoms with Gasteiger partial charge in [-0.2, -0.15) is 0 Å². The van der Waals surface area contributed by atoms with Crippen molar-refractivity contribution < 1.29 is 4.74 Å². The Labute approximate surface area is 122 Å². The van der Waals surface area contributed by atoms with Crippen molar-refractivity contribution in [3.05, 3.63) is 41.0 Å². The number of para-hydroxylation sites is 1. The van der Waals surface area contributed by atoms with Crippen molar-refractivity contribution in [3.8, 4) is 5.75 Å². The molecule has 0 fully saturated rings. The number of allylic oxidation sites excluding steroid dienone is 1. The summed E-state index contributed by atoms with van der Waals surface area (Å²) in [5.41, 5.74) is 4.34. The fourth-order valence-corrected chi connectivity index (χ4v) is 3.41. The summed E-state index contributed by atoms with van der Waals surface area (Å²) in [7, 11) is 2.07. The van der Waals surface area contributed by atoms with Gasteiger partial charge in [-0.25, -0.2) is 0 Å². The van der Waals surface area contributed by atoms with Crippen LogP contribution in [0.1, 0.15) is 55.7 Å². The monoisotopic (exact) mass is 271 g/mol. The van der Waals surface area contributed by atoms with Crippen LogP contribution in [-0.2, 0) is 6.42 Å². The Kier molecular flexibility index (Phi) is 4.41. The molecule has 0 saturated carbocycles. The smallest absolute Gasteiger partial charge is 0.127 e. The SMILES string of the molecule is CNC(CC1=CCCCC1)c1cccc2c1OCCC2. The van der Waals surface area contributed by atoms with Gasteiger partial charge < -0.3 is 10.1 Å². The number of benzene rings is 1. The maximum Gasteiger partial charge on any atom is 0.127 e. The minimum absolute atomic E-state index is 0.382. The second-order valence-electron chi connectivity index (χ2n) is 5.94. The minimum Gasteiger partial charge on any atom is -0.493 e. The lowest BCUT2D eigenvalue weighted by Crippen LogP contribution is -2.20.